The Balaban J connectivity index is 2.62. The molecule has 2 atom stereocenters. The first-order chi connectivity index (χ1) is 7.10. The molecular formula is C10H17NO4. The van der Waals surface area contributed by atoms with E-state index in [0.29, 0.717) is 6.42 Å². The lowest BCUT2D eigenvalue weighted by Gasteiger charge is -2.26. The van der Waals surface area contributed by atoms with Crippen LogP contribution >= 0.6 is 0 Å². The molecule has 0 aromatic rings. The second-order valence-corrected chi connectivity index (χ2v) is 3.86. The van der Waals surface area contributed by atoms with Crippen LogP contribution in [0.4, 0.5) is 0 Å². The summed E-state index contributed by atoms with van der Waals surface area (Å²) >= 11 is 0. The number of hydrogen-bond donors (Lipinski definition) is 2. The second kappa shape index (κ2) is 5.11. The first-order valence-corrected chi connectivity index (χ1v) is 5.23. The Morgan fingerprint density at radius 3 is 2.73 bits per heavy atom. The van der Waals surface area contributed by atoms with Gasteiger partial charge in [0.25, 0.3) is 0 Å². The number of carboxylic acids is 1. The first-order valence-electron chi connectivity index (χ1n) is 5.23. The van der Waals surface area contributed by atoms with E-state index >= 15 is 0 Å². The molecule has 86 valence electrons. The van der Waals surface area contributed by atoms with Gasteiger partial charge in [-0.05, 0) is 12.8 Å². The Hall–Kier alpha value is -1.10. The van der Waals surface area contributed by atoms with E-state index in [1.807, 2.05) is 6.92 Å². The minimum atomic E-state index is -0.912. The highest BCUT2D eigenvalue weighted by Crippen LogP contribution is 2.22. The van der Waals surface area contributed by atoms with Crippen molar-refractivity contribution >= 4 is 11.9 Å². The quantitative estimate of drug-likeness (QED) is 0.681. The molecule has 0 aromatic heterocycles. The van der Waals surface area contributed by atoms with E-state index in [-0.39, 0.29) is 31.5 Å². The Labute approximate surface area is 88.7 Å². The molecule has 0 aromatic carbocycles. The Morgan fingerprint density at radius 2 is 2.33 bits per heavy atom. The molecule has 1 heterocycles. The monoisotopic (exact) mass is 215 g/mol. The standard InChI is InChI=1S/C10H17NO4/c1-2-8(3-4-12)11-6-7(10(14)15)5-9(11)13/h7-8,12H,2-6H2,1H3,(H,14,15). The molecule has 0 aliphatic carbocycles. The van der Waals surface area contributed by atoms with Crippen molar-refractivity contribution in [1.29, 1.82) is 0 Å². The molecule has 1 amide bonds. The number of carboxylic acid groups (broad SMARTS) is 1. The van der Waals surface area contributed by atoms with E-state index in [2.05, 4.69) is 0 Å². The smallest absolute Gasteiger partial charge is 0.308 e. The third-order valence-corrected chi connectivity index (χ3v) is 2.88. The molecule has 0 saturated carbocycles. The van der Waals surface area contributed by atoms with Crippen molar-refractivity contribution in [3.05, 3.63) is 0 Å². The number of likely N-dealkylation sites (tertiary alicyclic amines) is 1. The fraction of sp³-hybridized carbons (Fsp3) is 0.800. The summed E-state index contributed by atoms with van der Waals surface area (Å²) in [6, 6.07) is -0.0214. The van der Waals surface area contributed by atoms with Crippen molar-refractivity contribution in [2.75, 3.05) is 13.2 Å². The SMILES string of the molecule is CCC(CCO)N1CC(C(=O)O)CC1=O. The summed E-state index contributed by atoms with van der Waals surface area (Å²) in [7, 11) is 0. The Morgan fingerprint density at radius 1 is 1.67 bits per heavy atom. The van der Waals surface area contributed by atoms with Crippen LogP contribution in [0.25, 0.3) is 0 Å². The molecule has 1 aliphatic heterocycles. The van der Waals surface area contributed by atoms with E-state index in [9.17, 15) is 9.59 Å². The molecule has 1 aliphatic rings. The van der Waals surface area contributed by atoms with Crippen molar-refractivity contribution in [2.45, 2.75) is 32.2 Å². The van der Waals surface area contributed by atoms with Gasteiger partial charge in [0, 0.05) is 25.6 Å². The van der Waals surface area contributed by atoms with Gasteiger partial charge in [0.05, 0.1) is 5.92 Å². The van der Waals surface area contributed by atoms with Crippen molar-refractivity contribution in [3.63, 3.8) is 0 Å². The zero-order valence-electron chi connectivity index (χ0n) is 8.85. The topological polar surface area (TPSA) is 77.8 Å². The molecular weight excluding hydrogens is 198 g/mol. The molecule has 1 fully saturated rings. The number of carbonyl (C=O) groups excluding carboxylic acids is 1. The number of hydrogen-bond acceptors (Lipinski definition) is 3. The highest BCUT2D eigenvalue weighted by Gasteiger charge is 2.36. The van der Waals surface area contributed by atoms with Gasteiger partial charge in [-0.25, -0.2) is 0 Å². The summed E-state index contributed by atoms with van der Waals surface area (Å²) < 4.78 is 0. The molecule has 0 spiro atoms. The van der Waals surface area contributed by atoms with Gasteiger partial charge in [0.15, 0.2) is 0 Å². The predicted octanol–water partition coefficient (Wildman–Crippen LogP) is 0.0805. The maximum atomic E-state index is 11.5. The third kappa shape index (κ3) is 2.68. The summed E-state index contributed by atoms with van der Waals surface area (Å²) in [5, 5.41) is 17.6. The lowest BCUT2D eigenvalue weighted by atomic mass is 10.1. The zero-order valence-corrected chi connectivity index (χ0v) is 8.85. The van der Waals surface area contributed by atoms with Gasteiger partial charge < -0.3 is 15.1 Å². The van der Waals surface area contributed by atoms with Gasteiger partial charge in [0.1, 0.15) is 0 Å². The third-order valence-electron chi connectivity index (χ3n) is 2.88. The lowest BCUT2D eigenvalue weighted by molar-refractivity contribution is -0.141. The van der Waals surface area contributed by atoms with Crippen LogP contribution < -0.4 is 0 Å². The number of nitrogens with zero attached hydrogens (tertiary/aromatic N) is 1. The zero-order chi connectivity index (χ0) is 11.4. The van der Waals surface area contributed by atoms with Crippen LogP contribution in [-0.4, -0.2) is 46.2 Å². The number of rotatable bonds is 5. The van der Waals surface area contributed by atoms with Gasteiger partial charge in [-0.1, -0.05) is 6.92 Å². The fourth-order valence-electron chi connectivity index (χ4n) is 1.98. The number of amides is 1. The molecule has 2 N–H and O–H groups in total. The van der Waals surface area contributed by atoms with Gasteiger partial charge in [-0.3, -0.25) is 9.59 Å². The molecule has 0 bridgehead atoms. The largest absolute Gasteiger partial charge is 0.481 e. The van der Waals surface area contributed by atoms with E-state index in [1.165, 1.54) is 0 Å². The molecule has 1 rings (SSSR count). The van der Waals surface area contributed by atoms with Crippen LogP contribution in [0.15, 0.2) is 0 Å². The summed E-state index contributed by atoms with van der Waals surface area (Å²) in [6.07, 6.45) is 1.37. The normalized spacial score (nSPS) is 23.2. The number of carbonyl (C=O) groups is 2. The van der Waals surface area contributed by atoms with Crippen molar-refractivity contribution < 1.29 is 19.8 Å². The van der Waals surface area contributed by atoms with E-state index < -0.39 is 11.9 Å². The lowest BCUT2D eigenvalue weighted by Crippen LogP contribution is -2.37. The summed E-state index contributed by atoms with van der Waals surface area (Å²) in [4.78, 5) is 23.9. The summed E-state index contributed by atoms with van der Waals surface area (Å²) in [5.41, 5.74) is 0. The Kier molecular flexibility index (Phi) is 4.08. The van der Waals surface area contributed by atoms with Crippen LogP contribution in [0, 0.1) is 5.92 Å². The average Bonchev–Trinajstić information content (AvgIpc) is 2.57. The predicted molar refractivity (Wildman–Crippen MR) is 53.2 cm³/mol. The van der Waals surface area contributed by atoms with E-state index in [1.54, 1.807) is 4.90 Å². The van der Waals surface area contributed by atoms with Crippen molar-refractivity contribution in [2.24, 2.45) is 5.92 Å². The van der Waals surface area contributed by atoms with Crippen molar-refractivity contribution in [1.82, 2.24) is 4.90 Å². The second-order valence-electron chi connectivity index (χ2n) is 3.86. The number of aliphatic carboxylic acids is 1. The van der Waals surface area contributed by atoms with Crippen LogP contribution in [0.2, 0.25) is 0 Å². The van der Waals surface area contributed by atoms with Crippen LogP contribution in [0.1, 0.15) is 26.2 Å². The highest BCUT2D eigenvalue weighted by atomic mass is 16.4. The molecule has 5 heteroatoms. The fourth-order valence-corrected chi connectivity index (χ4v) is 1.98. The minimum absolute atomic E-state index is 0.0214. The summed E-state index contributed by atoms with van der Waals surface area (Å²) in [5.74, 6) is -1.60. The van der Waals surface area contributed by atoms with Crippen LogP contribution in [-0.2, 0) is 9.59 Å². The molecule has 5 nitrogen and oxygen atoms in total. The van der Waals surface area contributed by atoms with Gasteiger partial charge >= 0.3 is 5.97 Å². The molecule has 2 unspecified atom stereocenters. The minimum Gasteiger partial charge on any atom is -0.481 e. The number of aliphatic hydroxyl groups excluding tert-OH is 1. The van der Waals surface area contributed by atoms with Gasteiger partial charge in [-0.15, -0.1) is 0 Å². The van der Waals surface area contributed by atoms with E-state index in [4.69, 9.17) is 10.2 Å². The van der Waals surface area contributed by atoms with Gasteiger partial charge in [-0.2, -0.15) is 0 Å². The Bertz CT molecular complexity index is 254. The summed E-state index contributed by atoms with van der Waals surface area (Å²) in [6.45, 7) is 2.24. The maximum absolute atomic E-state index is 11.5. The first kappa shape index (κ1) is 12.0. The van der Waals surface area contributed by atoms with Crippen LogP contribution in [0.5, 0.6) is 0 Å². The van der Waals surface area contributed by atoms with Gasteiger partial charge in [0.2, 0.25) is 5.91 Å². The van der Waals surface area contributed by atoms with Crippen LogP contribution in [0.3, 0.4) is 0 Å². The molecule has 15 heavy (non-hydrogen) atoms. The average molecular weight is 215 g/mol. The maximum Gasteiger partial charge on any atom is 0.308 e. The molecule has 1 saturated heterocycles. The van der Waals surface area contributed by atoms with E-state index in [0.717, 1.165) is 6.42 Å². The van der Waals surface area contributed by atoms with Crippen molar-refractivity contribution in [3.8, 4) is 0 Å². The number of aliphatic hydroxyl groups is 1. The molecule has 0 radical (unpaired) electrons. The highest BCUT2D eigenvalue weighted by molar-refractivity contribution is 5.86.